The van der Waals surface area contributed by atoms with Gasteiger partial charge in [0.05, 0.1) is 11.5 Å². The molecule has 2 heterocycles. The molecule has 0 aromatic heterocycles. The van der Waals surface area contributed by atoms with Gasteiger partial charge in [-0.15, -0.1) is 0 Å². The molecule has 0 radical (unpaired) electrons. The first kappa shape index (κ1) is 32.1. The number of amides is 1. The molecule has 2 saturated heterocycles. The zero-order valence-electron chi connectivity index (χ0n) is 24.5. The van der Waals surface area contributed by atoms with Gasteiger partial charge in [0.25, 0.3) is 11.6 Å². The molecule has 0 N–H and O–H groups in total. The fourth-order valence-corrected chi connectivity index (χ4v) is 6.04. The monoisotopic (exact) mass is 573 g/mol. The molecule has 224 valence electrons. The molecule has 2 aromatic rings. The van der Waals surface area contributed by atoms with Gasteiger partial charge >= 0.3 is 6.61 Å². The van der Waals surface area contributed by atoms with Crippen LogP contribution in [0.4, 0.5) is 14.5 Å². The molecule has 4 unspecified atom stereocenters. The number of carbonyl (C=O) groups is 2. The van der Waals surface area contributed by atoms with Crippen LogP contribution in [0.15, 0.2) is 42.5 Å². The van der Waals surface area contributed by atoms with Crippen molar-refractivity contribution in [2.45, 2.75) is 54.1 Å². The van der Waals surface area contributed by atoms with E-state index in [9.17, 15) is 28.5 Å². The van der Waals surface area contributed by atoms with Crippen LogP contribution in [0, 0.1) is 40.7 Å². The van der Waals surface area contributed by atoms with Gasteiger partial charge in [0.15, 0.2) is 5.78 Å². The summed E-state index contributed by atoms with van der Waals surface area (Å²) in [5.41, 5.74) is 1.65. The minimum atomic E-state index is -2.84. The highest BCUT2D eigenvalue weighted by atomic mass is 19.3. The second-order valence-corrected chi connectivity index (χ2v) is 11.9. The molecule has 0 saturated carbocycles. The Balaban J connectivity index is 0.000000226. The number of hydrogen-bond donors (Lipinski definition) is 0. The summed E-state index contributed by atoms with van der Waals surface area (Å²) in [6, 6.07) is 10.5. The predicted molar refractivity (Wildman–Crippen MR) is 153 cm³/mol. The average molecular weight is 574 g/mol. The number of carbonyl (C=O) groups excluding carboxylic acids is 2. The van der Waals surface area contributed by atoms with E-state index in [1.54, 1.807) is 19.1 Å². The third-order valence-corrected chi connectivity index (χ3v) is 7.51. The minimum Gasteiger partial charge on any atom is -0.435 e. The number of alkyl halides is 2. The highest BCUT2D eigenvalue weighted by molar-refractivity contribution is 5.97. The molecule has 0 bridgehead atoms. The van der Waals surface area contributed by atoms with Gasteiger partial charge in [-0.2, -0.15) is 8.78 Å². The van der Waals surface area contributed by atoms with Crippen LogP contribution in [0.5, 0.6) is 5.75 Å². The second kappa shape index (κ2) is 14.5. The van der Waals surface area contributed by atoms with Gasteiger partial charge in [-0.05, 0) is 79.8 Å². The Morgan fingerprint density at radius 3 is 1.90 bits per heavy atom. The number of halogens is 2. The first-order valence-corrected chi connectivity index (χ1v) is 14.2. The van der Waals surface area contributed by atoms with Crippen LogP contribution in [-0.4, -0.2) is 65.7 Å². The summed E-state index contributed by atoms with van der Waals surface area (Å²) >= 11 is 0. The number of piperidine rings is 2. The maximum Gasteiger partial charge on any atom is 0.387 e. The molecule has 8 nitrogen and oxygen atoms in total. The number of rotatable bonds is 7. The molecule has 2 aromatic carbocycles. The highest BCUT2D eigenvalue weighted by Crippen LogP contribution is 2.25. The first-order chi connectivity index (χ1) is 19.3. The highest BCUT2D eigenvalue weighted by Gasteiger charge is 2.27. The predicted octanol–water partition coefficient (Wildman–Crippen LogP) is 6.47. The van der Waals surface area contributed by atoms with Gasteiger partial charge < -0.3 is 9.64 Å². The summed E-state index contributed by atoms with van der Waals surface area (Å²) in [6.07, 6.45) is 2.34. The Kier molecular flexibility index (Phi) is 11.3. The number of benzene rings is 2. The number of ketones is 1. The fraction of sp³-hybridized carbons (Fsp3) is 0.548. The van der Waals surface area contributed by atoms with Gasteiger partial charge in [-0.1, -0.05) is 27.7 Å². The van der Waals surface area contributed by atoms with E-state index in [-0.39, 0.29) is 23.1 Å². The molecule has 0 spiro atoms. The Bertz CT molecular complexity index is 1190. The number of nitro groups is 1. The summed E-state index contributed by atoms with van der Waals surface area (Å²) in [7, 11) is 0. The normalized spacial score (nSPS) is 23.0. The van der Waals surface area contributed by atoms with Crippen molar-refractivity contribution in [2.75, 3.05) is 32.7 Å². The van der Waals surface area contributed by atoms with Gasteiger partial charge in [-0.25, -0.2) is 0 Å². The lowest BCUT2D eigenvalue weighted by Crippen LogP contribution is -2.42. The van der Waals surface area contributed by atoms with Crippen molar-refractivity contribution in [1.29, 1.82) is 0 Å². The number of nitro benzene ring substituents is 1. The zero-order valence-corrected chi connectivity index (χ0v) is 24.5. The number of ether oxygens (including phenoxy) is 1. The van der Waals surface area contributed by atoms with E-state index in [1.807, 2.05) is 4.90 Å². The molecule has 4 rings (SSSR count). The Morgan fingerprint density at radius 2 is 1.41 bits per heavy atom. The van der Waals surface area contributed by atoms with Crippen LogP contribution in [0.25, 0.3) is 0 Å². The summed E-state index contributed by atoms with van der Waals surface area (Å²) in [5.74, 6) is 2.26. The van der Waals surface area contributed by atoms with Gasteiger partial charge in [0, 0.05) is 48.9 Å². The quantitative estimate of drug-likeness (QED) is 0.214. The number of Topliss-reactive ketones (excluding diaryl/α,β-unsaturated/α-hetero) is 1. The van der Waals surface area contributed by atoms with E-state index in [0.29, 0.717) is 46.9 Å². The van der Waals surface area contributed by atoms with E-state index in [0.717, 1.165) is 32.6 Å². The smallest absolute Gasteiger partial charge is 0.387 e. The number of hydrogen-bond acceptors (Lipinski definition) is 6. The lowest BCUT2D eigenvalue weighted by molar-refractivity contribution is -0.385. The van der Waals surface area contributed by atoms with E-state index < -0.39 is 11.5 Å². The number of aryl methyl sites for hydroxylation is 1. The van der Waals surface area contributed by atoms with E-state index in [1.165, 1.54) is 36.8 Å². The zero-order chi connectivity index (χ0) is 30.3. The Hall–Kier alpha value is -3.40. The molecule has 2 aliphatic heterocycles. The van der Waals surface area contributed by atoms with Crippen LogP contribution in [0.3, 0.4) is 0 Å². The molecule has 2 fully saturated rings. The number of nitrogens with zero attached hydrogens (tertiary/aromatic N) is 3. The van der Waals surface area contributed by atoms with Crippen LogP contribution in [-0.2, 0) is 0 Å². The second-order valence-electron chi connectivity index (χ2n) is 11.9. The van der Waals surface area contributed by atoms with Crippen molar-refractivity contribution in [3.63, 3.8) is 0 Å². The average Bonchev–Trinajstić information content (AvgIpc) is 2.87. The third kappa shape index (κ3) is 9.59. The SMILES string of the molecule is CC1CC(C)CN(CC(=O)c2ccc(OC(F)F)cc2)C1.Cc1cc(C(=O)N2CC(C)CC(C)C2)ccc1[N+](=O)[O-]. The van der Waals surface area contributed by atoms with Crippen molar-refractivity contribution in [3.8, 4) is 5.75 Å². The van der Waals surface area contributed by atoms with E-state index >= 15 is 0 Å². The van der Waals surface area contributed by atoms with Crippen LogP contribution in [0.1, 0.15) is 66.8 Å². The summed E-state index contributed by atoms with van der Waals surface area (Å²) in [6.45, 7) is 11.3. The minimum absolute atomic E-state index is 0.0138. The maximum absolute atomic E-state index is 12.5. The molecule has 1 amide bonds. The molecule has 41 heavy (non-hydrogen) atoms. The van der Waals surface area contributed by atoms with Crippen molar-refractivity contribution in [3.05, 3.63) is 69.3 Å². The van der Waals surface area contributed by atoms with Gasteiger partial charge in [-0.3, -0.25) is 24.6 Å². The van der Waals surface area contributed by atoms with Crippen molar-refractivity contribution in [1.82, 2.24) is 9.80 Å². The van der Waals surface area contributed by atoms with E-state index in [2.05, 4.69) is 37.3 Å². The summed E-state index contributed by atoms with van der Waals surface area (Å²) < 4.78 is 28.4. The largest absolute Gasteiger partial charge is 0.435 e. The fourth-order valence-electron chi connectivity index (χ4n) is 6.04. The standard InChI is InChI=1S/C16H21F2NO2.C15H20N2O3/c1-11-7-12(2)9-19(8-11)10-15(20)13-3-5-14(6-4-13)21-16(17)18;1-10-6-11(2)9-16(8-10)15(18)13-4-5-14(17(19)20)12(3)7-13/h3-6,11-12,16H,7-10H2,1-2H3;4-5,7,10-11H,6,8-9H2,1-3H3. The molecular formula is C31H41F2N3O5. The lowest BCUT2D eigenvalue weighted by atomic mass is 9.91. The van der Waals surface area contributed by atoms with E-state index in [4.69, 9.17) is 0 Å². The van der Waals surface area contributed by atoms with Crippen LogP contribution >= 0.6 is 0 Å². The summed E-state index contributed by atoms with van der Waals surface area (Å²) in [4.78, 5) is 39.1. The summed E-state index contributed by atoms with van der Waals surface area (Å²) in [5, 5.41) is 10.8. The maximum atomic E-state index is 12.5. The Morgan fingerprint density at radius 1 is 0.902 bits per heavy atom. The Labute approximate surface area is 240 Å². The van der Waals surface area contributed by atoms with Gasteiger partial charge in [0.2, 0.25) is 0 Å². The lowest BCUT2D eigenvalue weighted by Gasteiger charge is -2.35. The van der Waals surface area contributed by atoms with Crippen LogP contribution in [0.2, 0.25) is 0 Å². The molecule has 0 aliphatic carbocycles. The molecule has 4 atom stereocenters. The third-order valence-electron chi connectivity index (χ3n) is 7.51. The van der Waals surface area contributed by atoms with Crippen molar-refractivity contribution in [2.24, 2.45) is 23.7 Å². The molecule has 2 aliphatic rings. The van der Waals surface area contributed by atoms with Crippen molar-refractivity contribution >= 4 is 17.4 Å². The first-order valence-electron chi connectivity index (χ1n) is 14.2. The topological polar surface area (TPSA) is 93.0 Å². The van der Waals surface area contributed by atoms with Crippen LogP contribution < -0.4 is 4.74 Å². The molecular weight excluding hydrogens is 532 g/mol. The van der Waals surface area contributed by atoms with Gasteiger partial charge in [0.1, 0.15) is 5.75 Å². The van der Waals surface area contributed by atoms with Crippen molar-refractivity contribution < 1.29 is 28.0 Å². The number of likely N-dealkylation sites (tertiary alicyclic amines) is 2. The molecule has 10 heteroatoms.